The second kappa shape index (κ2) is 9.88. The minimum absolute atomic E-state index is 0.133. The molecule has 0 aliphatic heterocycles. The Balaban J connectivity index is 1.54. The van der Waals surface area contributed by atoms with Gasteiger partial charge in [-0.25, -0.2) is 9.82 Å². The van der Waals surface area contributed by atoms with Crippen LogP contribution in [-0.4, -0.2) is 12.1 Å². The Bertz CT molecular complexity index is 1140. The molecule has 30 heavy (non-hydrogen) atoms. The van der Waals surface area contributed by atoms with Crippen LogP contribution in [0.5, 0.6) is 5.75 Å². The summed E-state index contributed by atoms with van der Waals surface area (Å²) in [6.07, 6.45) is 1.42. The summed E-state index contributed by atoms with van der Waals surface area (Å²) < 4.78 is 19.5. The average Bonchev–Trinajstić information content (AvgIpc) is 2.75. The minimum atomic E-state index is -0.787. The zero-order valence-electron chi connectivity index (χ0n) is 15.4. The monoisotopic (exact) mass is 441 g/mol. The third-order valence-corrected chi connectivity index (χ3v) is 4.73. The first-order valence-electron chi connectivity index (χ1n) is 8.66. The van der Waals surface area contributed by atoms with Gasteiger partial charge >= 0.3 is 0 Å². The summed E-state index contributed by atoms with van der Waals surface area (Å²) in [5.41, 5.74) is 3.77. The van der Waals surface area contributed by atoms with Gasteiger partial charge in [-0.2, -0.15) is 10.4 Å². The second-order valence-electron chi connectivity index (χ2n) is 6.11. The molecule has 8 heteroatoms. The predicted molar refractivity (Wildman–Crippen MR) is 113 cm³/mol. The van der Waals surface area contributed by atoms with E-state index in [1.165, 1.54) is 18.3 Å². The van der Waals surface area contributed by atoms with Crippen LogP contribution in [0.4, 0.5) is 4.39 Å². The van der Waals surface area contributed by atoms with Gasteiger partial charge in [-0.15, -0.1) is 0 Å². The van der Waals surface area contributed by atoms with E-state index in [4.69, 9.17) is 33.2 Å². The SMILES string of the molecule is N#Cc1ccc(C(=O)N/N=C\c2ccc(OCc3ccc(Cl)c(Cl)c3)cc2)c(F)c1. The fourth-order valence-electron chi connectivity index (χ4n) is 2.44. The largest absolute Gasteiger partial charge is 0.489 e. The molecule has 150 valence electrons. The number of nitrogens with zero attached hydrogens (tertiary/aromatic N) is 2. The van der Waals surface area contributed by atoms with E-state index < -0.39 is 11.7 Å². The van der Waals surface area contributed by atoms with Crippen molar-refractivity contribution in [2.75, 3.05) is 0 Å². The molecule has 0 fully saturated rings. The normalized spacial score (nSPS) is 10.6. The summed E-state index contributed by atoms with van der Waals surface area (Å²) in [6, 6.07) is 17.7. The number of rotatable bonds is 6. The fraction of sp³-hybridized carbons (Fsp3) is 0.0455. The number of hydrazone groups is 1. The van der Waals surface area contributed by atoms with Gasteiger partial charge in [-0.3, -0.25) is 4.79 Å². The maximum absolute atomic E-state index is 13.8. The first kappa shape index (κ1) is 21.3. The van der Waals surface area contributed by atoms with E-state index in [-0.39, 0.29) is 11.1 Å². The number of nitrogens with one attached hydrogen (secondary N) is 1. The highest BCUT2D eigenvalue weighted by Crippen LogP contribution is 2.23. The van der Waals surface area contributed by atoms with Crippen LogP contribution in [0.2, 0.25) is 10.0 Å². The molecule has 3 rings (SSSR count). The molecule has 1 N–H and O–H groups in total. The fourth-order valence-corrected chi connectivity index (χ4v) is 2.76. The van der Waals surface area contributed by atoms with Gasteiger partial charge in [0, 0.05) is 0 Å². The molecule has 0 saturated heterocycles. The molecule has 5 nitrogen and oxygen atoms in total. The predicted octanol–water partition coefficient (Wildman–Crippen LogP) is 5.35. The molecule has 3 aromatic rings. The molecule has 0 saturated carbocycles. The molecule has 0 unspecified atom stereocenters. The molecule has 0 aliphatic rings. The van der Waals surface area contributed by atoms with Gasteiger partial charge in [0.05, 0.1) is 33.5 Å². The highest BCUT2D eigenvalue weighted by molar-refractivity contribution is 6.42. The van der Waals surface area contributed by atoms with E-state index in [2.05, 4.69) is 10.5 Å². The maximum Gasteiger partial charge on any atom is 0.274 e. The highest BCUT2D eigenvalue weighted by atomic mass is 35.5. The van der Waals surface area contributed by atoms with E-state index in [0.29, 0.717) is 28.0 Å². The number of carbonyl (C=O) groups is 1. The summed E-state index contributed by atoms with van der Waals surface area (Å²) in [7, 11) is 0. The average molecular weight is 442 g/mol. The topological polar surface area (TPSA) is 74.5 Å². The molecule has 3 aromatic carbocycles. The lowest BCUT2D eigenvalue weighted by molar-refractivity contribution is 0.0951. The van der Waals surface area contributed by atoms with Crippen molar-refractivity contribution in [3.8, 4) is 11.8 Å². The summed E-state index contributed by atoms with van der Waals surface area (Å²) in [5.74, 6) is -0.859. The molecule has 0 bridgehead atoms. The lowest BCUT2D eigenvalue weighted by Crippen LogP contribution is -2.19. The molecule has 0 atom stereocenters. The van der Waals surface area contributed by atoms with Crippen molar-refractivity contribution in [3.63, 3.8) is 0 Å². The van der Waals surface area contributed by atoms with Gasteiger partial charge < -0.3 is 4.74 Å². The number of halogens is 3. The van der Waals surface area contributed by atoms with Gasteiger partial charge in [0.15, 0.2) is 0 Å². The Morgan fingerprint density at radius 1 is 1.10 bits per heavy atom. The Kier molecular flexibility index (Phi) is 7.02. The molecule has 0 heterocycles. The smallest absolute Gasteiger partial charge is 0.274 e. The summed E-state index contributed by atoms with van der Waals surface area (Å²) in [6.45, 7) is 0.330. The molecule has 1 amide bonds. The first-order chi connectivity index (χ1) is 14.5. The Morgan fingerprint density at radius 2 is 1.87 bits per heavy atom. The third kappa shape index (κ3) is 5.57. The van der Waals surface area contributed by atoms with Crippen LogP contribution >= 0.6 is 23.2 Å². The van der Waals surface area contributed by atoms with Crippen LogP contribution in [-0.2, 0) is 6.61 Å². The number of carbonyl (C=O) groups excluding carboxylic acids is 1. The van der Waals surface area contributed by atoms with Gasteiger partial charge in [-0.05, 0) is 65.7 Å². The summed E-state index contributed by atoms with van der Waals surface area (Å²) in [5, 5.41) is 13.5. The van der Waals surface area contributed by atoms with Crippen molar-refractivity contribution in [1.82, 2.24) is 5.43 Å². The van der Waals surface area contributed by atoms with Crippen LogP contribution in [0.15, 0.2) is 65.8 Å². The summed E-state index contributed by atoms with van der Waals surface area (Å²) >= 11 is 11.9. The van der Waals surface area contributed by atoms with Crippen LogP contribution in [0.3, 0.4) is 0 Å². The van der Waals surface area contributed by atoms with Gasteiger partial charge in [0.2, 0.25) is 0 Å². The molecular weight excluding hydrogens is 428 g/mol. The van der Waals surface area contributed by atoms with E-state index in [1.807, 2.05) is 6.07 Å². The number of amides is 1. The summed E-state index contributed by atoms with van der Waals surface area (Å²) in [4.78, 5) is 12.0. The molecule has 0 aromatic heterocycles. The molecule has 0 aliphatic carbocycles. The van der Waals surface area contributed by atoms with Crippen molar-refractivity contribution in [3.05, 3.63) is 98.8 Å². The Labute approximate surface area is 182 Å². The third-order valence-electron chi connectivity index (χ3n) is 3.99. The van der Waals surface area contributed by atoms with Crippen molar-refractivity contribution < 1.29 is 13.9 Å². The van der Waals surface area contributed by atoms with Crippen molar-refractivity contribution in [2.45, 2.75) is 6.61 Å². The standard InChI is InChI=1S/C22H14Cl2FN3O2/c23-19-8-4-16(9-20(19)24)13-30-17-5-1-14(2-6-17)12-27-28-22(29)18-7-3-15(11-26)10-21(18)25/h1-10,12H,13H2,(H,28,29)/b27-12-. The lowest BCUT2D eigenvalue weighted by atomic mass is 10.1. The van der Waals surface area contributed by atoms with E-state index in [1.54, 1.807) is 42.5 Å². The van der Waals surface area contributed by atoms with Crippen molar-refractivity contribution in [2.24, 2.45) is 5.10 Å². The number of benzene rings is 3. The maximum atomic E-state index is 13.8. The van der Waals surface area contributed by atoms with Crippen molar-refractivity contribution in [1.29, 1.82) is 5.26 Å². The van der Waals surface area contributed by atoms with Crippen LogP contribution in [0, 0.1) is 17.1 Å². The second-order valence-corrected chi connectivity index (χ2v) is 6.93. The highest BCUT2D eigenvalue weighted by Gasteiger charge is 2.11. The van der Waals surface area contributed by atoms with Crippen LogP contribution < -0.4 is 10.2 Å². The van der Waals surface area contributed by atoms with Crippen LogP contribution in [0.1, 0.15) is 27.0 Å². The molecule has 0 radical (unpaired) electrons. The zero-order valence-corrected chi connectivity index (χ0v) is 16.9. The Morgan fingerprint density at radius 3 is 2.53 bits per heavy atom. The van der Waals surface area contributed by atoms with Gasteiger partial charge in [0.1, 0.15) is 18.2 Å². The molecular formula is C22H14Cl2FN3O2. The van der Waals surface area contributed by atoms with Gasteiger partial charge in [-0.1, -0.05) is 29.3 Å². The number of hydrogen-bond donors (Lipinski definition) is 1. The van der Waals surface area contributed by atoms with E-state index in [9.17, 15) is 9.18 Å². The number of hydrogen-bond acceptors (Lipinski definition) is 4. The Hall–Kier alpha value is -3.40. The zero-order chi connectivity index (χ0) is 21.5. The minimum Gasteiger partial charge on any atom is -0.489 e. The molecule has 0 spiro atoms. The van der Waals surface area contributed by atoms with E-state index in [0.717, 1.165) is 11.6 Å². The number of nitriles is 1. The number of ether oxygens (including phenoxy) is 1. The van der Waals surface area contributed by atoms with Crippen molar-refractivity contribution >= 4 is 35.3 Å². The quantitative estimate of drug-likeness (QED) is 0.413. The first-order valence-corrected chi connectivity index (χ1v) is 9.41. The van der Waals surface area contributed by atoms with Gasteiger partial charge in [0.25, 0.3) is 5.91 Å². The van der Waals surface area contributed by atoms with Crippen LogP contribution in [0.25, 0.3) is 0 Å². The van der Waals surface area contributed by atoms with E-state index >= 15 is 0 Å². The lowest BCUT2D eigenvalue weighted by Gasteiger charge is -2.07.